The summed E-state index contributed by atoms with van der Waals surface area (Å²) in [7, 11) is 0. The number of benzene rings is 1. The molecule has 0 saturated heterocycles. The van der Waals surface area contributed by atoms with Crippen LogP contribution in [0.5, 0.6) is 0 Å². The molecular weight excluding hydrogens is 247 g/mol. The highest BCUT2D eigenvalue weighted by Crippen LogP contribution is 2.25. The van der Waals surface area contributed by atoms with Gasteiger partial charge in [-0.05, 0) is 36.6 Å². The molecule has 0 N–H and O–H groups in total. The van der Waals surface area contributed by atoms with Gasteiger partial charge in [-0.2, -0.15) is 0 Å². The lowest BCUT2D eigenvalue weighted by atomic mass is 10.0. The Bertz CT molecular complexity index is 488. The largest absolute Gasteiger partial charge is 0.293 e. The van der Waals surface area contributed by atoms with E-state index in [-0.39, 0.29) is 11.6 Å². The molecule has 0 spiro atoms. The molecule has 0 bridgehead atoms. The number of carbonyl (C=O) groups excluding carboxylic acids is 1. The van der Waals surface area contributed by atoms with Crippen LogP contribution in [-0.2, 0) is 0 Å². The molecular formula is C15H15FOS. The third-order valence-corrected chi connectivity index (χ3v) is 3.79. The number of Topliss-reactive ketones (excluding diaryl/α,β-unsaturated/α-hetero) is 1. The summed E-state index contributed by atoms with van der Waals surface area (Å²) in [6.07, 6.45) is 7.44. The van der Waals surface area contributed by atoms with Crippen LogP contribution in [0.15, 0.2) is 47.4 Å². The highest BCUT2D eigenvalue weighted by Gasteiger charge is 2.09. The average molecular weight is 262 g/mol. The van der Waals surface area contributed by atoms with E-state index in [2.05, 4.69) is 25.2 Å². The Morgan fingerprint density at radius 2 is 2.11 bits per heavy atom. The van der Waals surface area contributed by atoms with Gasteiger partial charge in [0.05, 0.1) is 5.75 Å². The smallest absolute Gasteiger partial charge is 0.173 e. The van der Waals surface area contributed by atoms with E-state index in [0.29, 0.717) is 17.2 Å². The van der Waals surface area contributed by atoms with Crippen molar-refractivity contribution < 1.29 is 9.18 Å². The molecule has 2 rings (SSSR count). The standard InChI is InChI=1S/C15H15FOS/c1-11-3-2-4-14(9-11)18-10-15(17)12-5-7-13(16)8-6-12/h2,4-9,11H,3,10H2,1H3. The molecule has 0 amide bonds. The van der Waals surface area contributed by atoms with Crippen LogP contribution < -0.4 is 0 Å². The van der Waals surface area contributed by atoms with Crippen LogP contribution in [0.1, 0.15) is 23.7 Å². The molecule has 1 aromatic rings. The first-order valence-corrected chi connectivity index (χ1v) is 6.93. The lowest BCUT2D eigenvalue weighted by Crippen LogP contribution is -2.03. The summed E-state index contributed by atoms with van der Waals surface area (Å²) in [5.74, 6) is 0.658. The quantitative estimate of drug-likeness (QED) is 0.756. The van der Waals surface area contributed by atoms with E-state index in [9.17, 15) is 9.18 Å². The molecule has 0 fully saturated rings. The molecule has 1 unspecified atom stereocenters. The van der Waals surface area contributed by atoms with Crippen LogP contribution in [0.4, 0.5) is 4.39 Å². The fourth-order valence-electron chi connectivity index (χ4n) is 1.77. The normalized spacial score (nSPS) is 18.6. The van der Waals surface area contributed by atoms with Gasteiger partial charge in [0.25, 0.3) is 0 Å². The number of ketones is 1. The third-order valence-electron chi connectivity index (χ3n) is 2.77. The monoisotopic (exact) mass is 262 g/mol. The summed E-state index contributed by atoms with van der Waals surface area (Å²) in [4.78, 5) is 13.0. The minimum atomic E-state index is -0.314. The van der Waals surface area contributed by atoms with Gasteiger partial charge in [-0.25, -0.2) is 4.39 Å². The molecule has 18 heavy (non-hydrogen) atoms. The molecule has 1 aliphatic rings. The first-order valence-electron chi connectivity index (χ1n) is 5.95. The Balaban J connectivity index is 1.92. The van der Waals surface area contributed by atoms with Crippen molar-refractivity contribution in [1.82, 2.24) is 0 Å². The third kappa shape index (κ3) is 3.57. The van der Waals surface area contributed by atoms with E-state index >= 15 is 0 Å². The van der Waals surface area contributed by atoms with Crippen molar-refractivity contribution in [3.05, 3.63) is 58.8 Å². The van der Waals surface area contributed by atoms with Gasteiger partial charge >= 0.3 is 0 Å². The van der Waals surface area contributed by atoms with Gasteiger partial charge in [0, 0.05) is 10.5 Å². The summed E-state index contributed by atoms with van der Waals surface area (Å²) >= 11 is 1.54. The molecule has 94 valence electrons. The van der Waals surface area contributed by atoms with Gasteiger partial charge in [0.1, 0.15) is 5.82 Å². The Morgan fingerprint density at radius 1 is 1.39 bits per heavy atom. The highest BCUT2D eigenvalue weighted by molar-refractivity contribution is 8.03. The number of rotatable bonds is 4. The molecule has 1 aliphatic carbocycles. The summed E-state index contributed by atoms with van der Waals surface area (Å²) in [5.41, 5.74) is 0.567. The van der Waals surface area contributed by atoms with Gasteiger partial charge in [0.15, 0.2) is 5.78 Å². The van der Waals surface area contributed by atoms with Crippen LogP contribution in [0.2, 0.25) is 0 Å². The Hall–Kier alpha value is -1.35. The lowest BCUT2D eigenvalue weighted by molar-refractivity contribution is 0.102. The molecule has 0 aromatic heterocycles. The number of halogens is 1. The topological polar surface area (TPSA) is 17.1 Å². The molecule has 0 aliphatic heterocycles. The number of thioether (sulfide) groups is 1. The lowest BCUT2D eigenvalue weighted by Gasteiger charge is -2.11. The second-order valence-corrected chi connectivity index (χ2v) is 5.45. The van der Waals surface area contributed by atoms with E-state index in [1.54, 1.807) is 0 Å². The zero-order valence-corrected chi connectivity index (χ0v) is 11.0. The molecule has 3 heteroatoms. The van der Waals surface area contributed by atoms with E-state index in [1.165, 1.54) is 36.0 Å². The maximum atomic E-state index is 12.7. The highest BCUT2D eigenvalue weighted by atomic mass is 32.2. The van der Waals surface area contributed by atoms with Crippen LogP contribution in [-0.4, -0.2) is 11.5 Å². The maximum Gasteiger partial charge on any atom is 0.173 e. The predicted octanol–water partition coefficient (Wildman–Crippen LogP) is 4.22. The molecule has 1 aromatic carbocycles. The Kier molecular flexibility index (Phi) is 4.37. The van der Waals surface area contributed by atoms with Crippen molar-refractivity contribution >= 4 is 17.5 Å². The molecule has 0 saturated carbocycles. The van der Waals surface area contributed by atoms with Crippen molar-refractivity contribution in [2.24, 2.45) is 5.92 Å². The molecule has 0 heterocycles. The second-order valence-electron chi connectivity index (χ2n) is 4.40. The Morgan fingerprint density at radius 3 is 2.78 bits per heavy atom. The van der Waals surface area contributed by atoms with Crippen LogP contribution >= 0.6 is 11.8 Å². The number of carbonyl (C=O) groups is 1. The van der Waals surface area contributed by atoms with Crippen molar-refractivity contribution in [2.75, 3.05) is 5.75 Å². The first kappa shape index (κ1) is 13.1. The van der Waals surface area contributed by atoms with E-state index in [1.807, 2.05) is 0 Å². The summed E-state index contributed by atoms with van der Waals surface area (Å²) in [5, 5.41) is 0. The fraction of sp³-hybridized carbons (Fsp3) is 0.267. The minimum absolute atomic E-state index is 0.0347. The van der Waals surface area contributed by atoms with Crippen LogP contribution in [0.25, 0.3) is 0 Å². The summed E-state index contributed by atoms with van der Waals surface area (Å²) in [6, 6.07) is 5.71. The van der Waals surface area contributed by atoms with Gasteiger partial charge < -0.3 is 0 Å². The van der Waals surface area contributed by atoms with Crippen molar-refractivity contribution in [3.63, 3.8) is 0 Å². The van der Waals surface area contributed by atoms with Crippen LogP contribution in [0, 0.1) is 11.7 Å². The average Bonchev–Trinajstić information content (AvgIpc) is 2.37. The molecule has 0 radical (unpaired) electrons. The van der Waals surface area contributed by atoms with Gasteiger partial charge in [-0.1, -0.05) is 25.2 Å². The van der Waals surface area contributed by atoms with E-state index < -0.39 is 0 Å². The van der Waals surface area contributed by atoms with E-state index in [0.717, 1.165) is 11.3 Å². The van der Waals surface area contributed by atoms with Crippen molar-refractivity contribution in [3.8, 4) is 0 Å². The maximum absolute atomic E-state index is 12.7. The predicted molar refractivity (Wildman–Crippen MR) is 74.2 cm³/mol. The SMILES string of the molecule is CC1C=C(SCC(=O)c2ccc(F)cc2)C=CC1. The van der Waals surface area contributed by atoms with Gasteiger partial charge in [-0.15, -0.1) is 11.8 Å². The number of hydrogen-bond donors (Lipinski definition) is 0. The summed E-state index contributed by atoms with van der Waals surface area (Å²) in [6.45, 7) is 2.16. The second kappa shape index (κ2) is 6.01. The number of hydrogen-bond acceptors (Lipinski definition) is 2. The van der Waals surface area contributed by atoms with E-state index in [4.69, 9.17) is 0 Å². The zero-order chi connectivity index (χ0) is 13.0. The van der Waals surface area contributed by atoms with Crippen molar-refractivity contribution in [2.45, 2.75) is 13.3 Å². The zero-order valence-electron chi connectivity index (χ0n) is 10.2. The molecule has 1 nitrogen and oxygen atoms in total. The fourth-order valence-corrected chi connectivity index (χ4v) is 2.75. The first-order chi connectivity index (χ1) is 8.65. The Labute approximate surface area is 111 Å². The van der Waals surface area contributed by atoms with Crippen molar-refractivity contribution in [1.29, 1.82) is 0 Å². The minimum Gasteiger partial charge on any atom is -0.293 e. The van der Waals surface area contributed by atoms with Gasteiger partial charge in [-0.3, -0.25) is 4.79 Å². The number of allylic oxidation sites excluding steroid dienone is 3. The van der Waals surface area contributed by atoms with Gasteiger partial charge in [0.2, 0.25) is 0 Å². The van der Waals surface area contributed by atoms with Crippen LogP contribution in [0.3, 0.4) is 0 Å². The molecule has 1 atom stereocenters. The summed E-state index contributed by atoms with van der Waals surface area (Å²) < 4.78 is 12.7.